The Kier molecular flexibility index (Phi) is 5.28. The van der Waals surface area contributed by atoms with Crippen molar-refractivity contribution < 1.29 is 9.32 Å². The maximum Gasteiger partial charge on any atom is 0.237 e. The number of carbonyl (C=O) groups excluding carboxylic acids is 1. The van der Waals surface area contributed by atoms with Crippen LogP contribution in [0.3, 0.4) is 0 Å². The van der Waals surface area contributed by atoms with Crippen LogP contribution < -0.4 is 11.1 Å². The predicted molar refractivity (Wildman–Crippen MR) is 76.8 cm³/mol. The molecule has 0 radical (unpaired) electrons. The molecule has 0 fully saturated rings. The number of carbonyl (C=O) groups is 1. The van der Waals surface area contributed by atoms with E-state index in [0.717, 1.165) is 5.69 Å². The molecule has 2 aromatic heterocycles. The molecule has 9 nitrogen and oxygen atoms in total. The van der Waals surface area contributed by atoms with Gasteiger partial charge in [0.2, 0.25) is 16.9 Å². The quantitative estimate of drug-likeness (QED) is 0.707. The van der Waals surface area contributed by atoms with E-state index < -0.39 is 0 Å². The fourth-order valence-corrected chi connectivity index (χ4v) is 2.19. The number of hydrogen-bond donors (Lipinski definition) is 2. The van der Waals surface area contributed by atoms with E-state index >= 15 is 0 Å². The molecule has 21 heavy (non-hydrogen) atoms. The van der Waals surface area contributed by atoms with E-state index in [2.05, 4.69) is 26.0 Å². The van der Waals surface area contributed by atoms with E-state index in [1.165, 1.54) is 11.8 Å². The molecular formula is C11H17N7O2S. The van der Waals surface area contributed by atoms with Crippen molar-refractivity contribution in [2.24, 2.45) is 5.73 Å². The van der Waals surface area contributed by atoms with Crippen molar-refractivity contribution in [3.8, 4) is 0 Å². The van der Waals surface area contributed by atoms with Gasteiger partial charge in [0.15, 0.2) is 0 Å². The molecule has 0 aromatic carbocycles. The molecule has 0 unspecified atom stereocenters. The second-order valence-corrected chi connectivity index (χ2v) is 5.52. The van der Waals surface area contributed by atoms with E-state index in [0.29, 0.717) is 24.1 Å². The molecule has 2 heterocycles. The summed E-state index contributed by atoms with van der Waals surface area (Å²) in [5, 5.41) is 18.2. The zero-order valence-electron chi connectivity index (χ0n) is 11.8. The molecule has 114 valence electrons. The number of tetrazole rings is 1. The summed E-state index contributed by atoms with van der Waals surface area (Å²) in [5.41, 5.74) is 6.25. The third-order valence-electron chi connectivity index (χ3n) is 2.55. The minimum absolute atomic E-state index is 0.169. The standard InChI is InChI=1S/C11H17N7O2S/c1-7(2)8-5-10(20-15-8)13-9(19)6-21-11-14-16-17-18(11)4-3-12/h5,7H,3-4,6,12H2,1-2H3,(H,13,19). The van der Waals surface area contributed by atoms with Crippen molar-refractivity contribution in [3.05, 3.63) is 11.8 Å². The Bertz CT molecular complexity index is 595. The zero-order chi connectivity index (χ0) is 15.2. The van der Waals surface area contributed by atoms with E-state index in [1.54, 1.807) is 10.7 Å². The Balaban J connectivity index is 1.85. The summed E-state index contributed by atoms with van der Waals surface area (Å²) in [6, 6.07) is 1.71. The highest BCUT2D eigenvalue weighted by atomic mass is 32.2. The molecule has 0 spiro atoms. The molecule has 0 bridgehead atoms. The van der Waals surface area contributed by atoms with Gasteiger partial charge in [0.1, 0.15) is 0 Å². The van der Waals surface area contributed by atoms with Gasteiger partial charge in [-0.1, -0.05) is 30.8 Å². The Morgan fingerprint density at radius 3 is 3.05 bits per heavy atom. The number of aromatic nitrogens is 5. The van der Waals surface area contributed by atoms with Gasteiger partial charge in [-0.15, -0.1) is 5.10 Å². The average Bonchev–Trinajstić information content (AvgIpc) is 3.06. The highest BCUT2D eigenvalue weighted by Gasteiger charge is 2.13. The summed E-state index contributed by atoms with van der Waals surface area (Å²) >= 11 is 1.23. The Hall–Kier alpha value is -1.94. The number of nitrogens with one attached hydrogen (secondary N) is 1. The smallest absolute Gasteiger partial charge is 0.237 e. The number of nitrogens with zero attached hydrogens (tertiary/aromatic N) is 5. The molecular weight excluding hydrogens is 294 g/mol. The highest BCUT2D eigenvalue weighted by molar-refractivity contribution is 7.99. The van der Waals surface area contributed by atoms with Gasteiger partial charge < -0.3 is 10.3 Å². The Morgan fingerprint density at radius 1 is 1.57 bits per heavy atom. The molecule has 2 rings (SSSR count). The first-order valence-corrected chi connectivity index (χ1v) is 7.44. The van der Waals surface area contributed by atoms with E-state index in [-0.39, 0.29) is 17.6 Å². The van der Waals surface area contributed by atoms with Crippen LogP contribution in [-0.4, -0.2) is 43.6 Å². The number of hydrogen-bond acceptors (Lipinski definition) is 8. The lowest BCUT2D eigenvalue weighted by atomic mass is 10.1. The molecule has 0 aliphatic carbocycles. The van der Waals surface area contributed by atoms with Crippen molar-refractivity contribution in [3.63, 3.8) is 0 Å². The van der Waals surface area contributed by atoms with Crippen LogP contribution in [0.1, 0.15) is 25.5 Å². The fourth-order valence-electron chi connectivity index (χ4n) is 1.49. The van der Waals surface area contributed by atoms with Gasteiger partial charge in [-0.25, -0.2) is 4.68 Å². The van der Waals surface area contributed by atoms with Gasteiger partial charge in [-0.3, -0.25) is 10.1 Å². The molecule has 0 atom stereocenters. The van der Waals surface area contributed by atoms with Gasteiger partial charge >= 0.3 is 0 Å². The third kappa shape index (κ3) is 4.26. The lowest BCUT2D eigenvalue weighted by Crippen LogP contribution is -2.15. The number of rotatable bonds is 7. The van der Waals surface area contributed by atoms with Gasteiger partial charge in [0.25, 0.3) is 0 Å². The van der Waals surface area contributed by atoms with Crippen molar-refractivity contribution >= 4 is 23.6 Å². The topological polar surface area (TPSA) is 125 Å². The van der Waals surface area contributed by atoms with Crippen LogP contribution in [0.5, 0.6) is 0 Å². The number of thioether (sulfide) groups is 1. The largest absolute Gasteiger partial charge is 0.338 e. The molecule has 0 saturated carbocycles. The number of anilines is 1. The lowest BCUT2D eigenvalue weighted by Gasteiger charge is -2.02. The highest BCUT2D eigenvalue weighted by Crippen LogP contribution is 2.18. The number of amides is 1. The SMILES string of the molecule is CC(C)c1cc(NC(=O)CSc2nnnn2CCN)on1. The van der Waals surface area contributed by atoms with Crippen LogP contribution >= 0.6 is 11.8 Å². The van der Waals surface area contributed by atoms with Gasteiger partial charge in [-0.2, -0.15) is 0 Å². The minimum Gasteiger partial charge on any atom is -0.338 e. The van der Waals surface area contributed by atoms with Crippen LogP contribution in [0, 0.1) is 0 Å². The summed E-state index contributed by atoms with van der Waals surface area (Å²) in [4.78, 5) is 11.8. The van der Waals surface area contributed by atoms with Crippen molar-refractivity contribution in [2.75, 3.05) is 17.6 Å². The molecule has 1 amide bonds. The van der Waals surface area contributed by atoms with Gasteiger partial charge in [-0.05, 0) is 16.3 Å². The maximum absolute atomic E-state index is 11.8. The normalized spacial score (nSPS) is 11.0. The predicted octanol–water partition coefficient (Wildman–Crippen LogP) is 0.474. The van der Waals surface area contributed by atoms with Crippen molar-refractivity contribution in [2.45, 2.75) is 31.5 Å². The zero-order valence-corrected chi connectivity index (χ0v) is 12.6. The second-order valence-electron chi connectivity index (χ2n) is 4.58. The summed E-state index contributed by atoms with van der Waals surface area (Å²) in [6.07, 6.45) is 0. The van der Waals surface area contributed by atoms with Crippen LogP contribution in [0.2, 0.25) is 0 Å². The Morgan fingerprint density at radius 2 is 2.38 bits per heavy atom. The Labute approximate surface area is 125 Å². The van der Waals surface area contributed by atoms with E-state index in [1.807, 2.05) is 13.8 Å². The number of nitrogens with two attached hydrogens (primary N) is 1. The fraction of sp³-hybridized carbons (Fsp3) is 0.545. The molecule has 2 aromatic rings. The summed E-state index contributed by atoms with van der Waals surface area (Å²) in [7, 11) is 0. The average molecular weight is 311 g/mol. The van der Waals surface area contributed by atoms with E-state index in [4.69, 9.17) is 10.3 Å². The lowest BCUT2D eigenvalue weighted by molar-refractivity contribution is -0.113. The molecule has 3 N–H and O–H groups in total. The minimum atomic E-state index is -0.214. The van der Waals surface area contributed by atoms with Crippen molar-refractivity contribution in [1.82, 2.24) is 25.4 Å². The summed E-state index contributed by atoms with van der Waals surface area (Å²) < 4.78 is 6.60. The maximum atomic E-state index is 11.8. The van der Waals surface area contributed by atoms with Crippen LogP contribution in [0.4, 0.5) is 5.88 Å². The third-order valence-corrected chi connectivity index (χ3v) is 3.51. The second kappa shape index (κ2) is 7.18. The van der Waals surface area contributed by atoms with Crippen LogP contribution in [0.25, 0.3) is 0 Å². The molecule has 0 aliphatic heterocycles. The van der Waals surface area contributed by atoms with E-state index in [9.17, 15) is 4.79 Å². The first-order valence-electron chi connectivity index (χ1n) is 6.45. The van der Waals surface area contributed by atoms with Gasteiger partial charge in [0.05, 0.1) is 18.0 Å². The molecule has 10 heteroatoms. The van der Waals surface area contributed by atoms with Crippen molar-refractivity contribution in [1.29, 1.82) is 0 Å². The first kappa shape index (κ1) is 15.4. The molecule has 0 aliphatic rings. The van der Waals surface area contributed by atoms with Gasteiger partial charge in [0, 0.05) is 12.6 Å². The monoisotopic (exact) mass is 311 g/mol. The van der Waals surface area contributed by atoms with Crippen LogP contribution in [-0.2, 0) is 11.3 Å². The summed E-state index contributed by atoms with van der Waals surface area (Å²) in [6.45, 7) is 4.94. The molecule has 0 saturated heterocycles. The first-order chi connectivity index (χ1) is 10.1. The summed E-state index contributed by atoms with van der Waals surface area (Å²) in [5.74, 6) is 0.539. The van der Waals surface area contributed by atoms with Crippen LogP contribution in [0.15, 0.2) is 15.7 Å².